The normalized spacial score (nSPS) is 41.8. The lowest BCUT2D eigenvalue weighted by Gasteiger charge is -2.38. The molecule has 1 heterocycles. The van der Waals surface area contributed by atoms with Crippen LogP contribution in [0.4, 0.5) is 0 Å². The number of halogens is 1. The van der Waals surface area contributed by atoms with Crippen molar-refractivity contribution in [3.63, 3.8) is 0 Å². The molecule has 0 aromatic heterocycles. The first kappa shape index (κ1) is 8.54. The van der Waals surface area contributed by atoms with Gasteiger partial charge in [-0.1, -0.05) is 22.4 Å². The first-order valence-electron chi connectivity index (χ1n) is 4.71. The van der Waals surface area contributed by atoms with Crippen LogP contribution in [-0.4, -0.2) is 17.3 Å². The van der Waals surface area contributed by atoms with E-state index in [0.717, 1.165) is 19.4 Å². The third kappa shape index (κ3) is 1.39. The van der Waals surface area contributed by atoms with Gasteiger partial charge in [0.25, 0.3) is 0 Å². The summed E-state index contributed by atoms with van der Waals surface area (Å²) in [7, 11) is 0. The van der Waals surface area contributed by atoms with Gasteiger partial charge in [0, 0.05) is 17.3 Å². The highest BCUT2D eigenvalue weighted by molar-refractivity contribution is 9.09. The van der Waals surface area contributed by atoms with Crippen LogP contribution in [0.2, 0.25) is 0 Å². The van der Waals surface area contributed by atoms with E-state index in [0.29, 0.717) is 16.7 Å². The van der Waals surface area contributed by atoms with E-state index >= 15 is 0 Å². The third-order valence-corrected chi connectivity index (χ3v) is 4.23. The quantitative estimate of drug-likeness (QED) is 0.632. The van der Waals surface area contributed by atoms with Gasteiger partial charge in [0.15, 0.2) is 0 Å². The summed E-state index contributed by atoms with van der Waals surface area (Å²) in [4.78, 5) is 12.0. The highest BCUT2D eigenvalue weighted by Crippen LogP contribution is 2.38. The average molecular weight is 232 g/mol. The van der Waals surface area contributed by atoms with Crippen LogP contribution >= 0.6 is 15.9 Å². The van der Waals surface area contributed by atoms with Crippen molar-refractivity contribution >= 4 is 21.8 Å². The SMILES string of the molecule is O=C1NCCC2C(Br)CCCC12. The minimum absolute atomic E-state index is 0.287. The Morgan fingerprint density at radius 3 is 2.92 bits per heavy atom. The highest BCUT2D eigenvalue weighted by Gasteiger charge is 2.38. The predicted octanol–water partition coefficient (Wildman–Crippen LogP) is 1.69. The zero-order valence-corrected chi connectivity index (χ0v) is 8.64. The van der Waals surface area contributed by atoms with E-state index in [2.05, 4.69) is 21.2 Å². The van der Waals surface area contributed by atoms with Crippen LogP contribution in [0, 0.1) is 11.8 Å². The second-order valence-corrected chi connectivity index (χ2v) is 4.97. The van der Waals surface area contributed by atoms with E-state index in [1.54, 1.807) is 0 Å². The zero-order valence-electron chi connectivity index (χ0n) is 7.05. The van der Waals surface area contributed by atoms with Crippen LogP contribution in [0.15, 0.2) is 0 Å². The van der Waals surface area contributed by atoms with Gasteiger partial charge in [0.2, 0.25) is 5.91 Å². The number of carbonyl (C=O) groups excluding carboxylic acids is 1. The first-order chi connectivity index (χ1) is 5.79. The third-order valence-electron chi connectivity index (χ3n) is 3.09. The predicted molar refractivity (Wildman–Crippen MR) is 51.2 cm³/mol. The molecule has 3 atom stereocenters. The zero-order chi connectivity index (χ0) is 8.55. The molecule has 2 nitrogen and oxygen atoms in total. The second kappa shape index (κ2) is 3.36. The molecule has 0 radical (unpaired) electrons. The summed E-state index contributed by atoms with van der Waals surface area (Å²) < 4.78 is 0. The number of alkyl halides is 1. The molecule has 68 valence electrons. The number of nitrogens with one attached hydrogen (secondary N) is 1. The number of hydrogen-bond donors (Lipinski definition) is 1. The van der Waals surface area contributed by atoms with Crippen LogP contribution < -0.4 is 5.32 Å². The summed E-state index contributed by atoms with van der Waals surface area (Å²) in [6.45, 7) is 0.877. The fourth-order valence-corrected chi connectivity index (χ4v) is 3.37. The number of rotatable bonds is 0. The molecular weight excluding hydrogens is 218 g/mol. The molecule has 0 bridgehead atoms. The number of fused-ring (bicyclic) bond motifs is 1. The van der Waals surface area contributed by atoms with Crippen molar-refractivity contribution in [3.05, 3.63) is 0 Å². The number of piperidine rings is 1. The summed E-state index contributed by atoms with van der Waals surface area (Å²) in [6, 6.07) is 0. The highest BCUT2D eigenvalue weighted by atomic mass is 79.9. The lowest BCUT2D eigenvalue weighted by Crippen LogP contribution is -2.46. The molecule has 2 fully saturated rings. The Bertz CT molecular complexity index is 195. The van der Waals surface area contributed by atoms with Gasteiger partial charge in [-0.15, -0.1) is 0 Å². The smallest absolute Gasteiger partial charge is 0.223 e. The fourth-order valence-electron chi connectivity index (χ4n) is 2.41. The molecule has 1 N–H and O–H groups in total. The molecule has 2 aliphatic rings. The Hall–Kier alpha value is -0.0500. The van der Waals surface area contributed by atoms with Gasteiger partial charge in [-0.05, 0) is 25.2 Å². The van der Waals surface area contributed by atoms with E-state index < -0.39 is 0 Å². The summed E-state index contributed by atoms with van der Waals surface area (Å²) in [5.41, 5.74) is 0. The maximum atomic E-state index is 11.4. The van der Waals surface area contributed by atoms with E-state index in [4.69, 9.17) is 0 Å². The van der Waals surface area contributed by atoms with Crippen molar-refractivity contribution in [3.8, 4) is 0 Å². The van der Waals surface area contributed by atoms with Gasteiger partial charge >= 0.3 is 0 Å². The van der Waals surface area contributed by atoms with Crippen molar-refractivity contribution in [2.75, 3.05) is 6.54 Å². The Labute approximate surface area is 81.2 Å². The second-order valence-electron chi connectivity index (χ2n) is 3.80. The molecule has 3 heteroatoms. The standard InChI is InChI=1S/C9H14BrNO/c10-8-3-1-2-7-6(8)4-5-11-9(7)12/h6-8H,1-5H2,(H,11,12). The molecule has 1 saturated carbocycles. The Balaban J connectivity index is 2.10. The molecule has 0 spiro atoms. The molecule has 1 aliphatic heterocycles. The van der Waals surface area contributed by atoms with Crippen molar-refractivity contribution in [2.24, 2.45) is 11.8 Å². The minimum atomic E-state index is 0.287. The molecule has 1 amide bonds. The largest absolute Gasteiger partial charge is 0.356 e. The van der Waals surface area contributed by atoms with Crippen molar-refractivity contribution in [1.29, 1.82) is 0 Å². The molecule has 2 rings (SSSR count). The van der Waals surface area contributed by atoms with Crippen molar-refractivity contribution < 1.29 is 4.79 Å². The molecule has 1 saturated heterocycles. The summed E-state index contributed by atoms with van der Waals surface area (Å²) >= 11 is 3.68. The maximum Gasteiger partial charge on any atom is 0.223 e. The minimum Gasteiger partial charge on any atom is -0.356 e. The summed E-state index contributed by atoms with van der Waals surface area (Å²) in [6.07, 6.45) is 4.70. The average Bonchev–Trinajstić information content (AvgIpc) is 2.07. The van der Waals surface area contributed by atoms with Crippen LogP contribution in [0.25, 0.3) is 0 Å². The van der Waals surface area contributed by atoms with E-state index in [1.807, 2.05) is 0 Å². The van der Waals surface area contributed by atoms with Crippen LogP contribution in [0.1, 0.15) is 25.7 Å². The monoisotopic (exact) mass is 231 g/mol. The van der Waals surface area contributed by atoms with Gasteiger partial charge in [-0.3, -0.25) is 4.79 Å². The Morgan fingerprint density at radius 2 is 2.17 bits per heavy atom. The van der Waals surface area contributed by atoms with Crippen LogP contribution in [-0.2, 0) is 4.79 Å². The van der Waals surface area contributed by atoms with E-state index in [9.17, 15) is 4.79 Å². The van der Waals surface area contributed by atoms with Crippen molar-refractivity contribution in [1.82, 2.24) is 5.32 Å². The lowest BCUT2D eigenvalue weighted by molar-refractivity contribution is -0.129. The molecule has 0 aromatic rings. The fraction of sp³-hybridized carbons (Fsp3) is 0.889. The van der Waals surface area contributed by atoms with Gasteiger partial charge in [0.05, 0.1) is 0 Å². The van der Waals surface area contributed by atoms with Gasteiger partial charge < -0.3 is 5.32 Å². The Kier molecular flexibility index (Phi) is 2.40. The molecule has 3 unspecified atom stereocenters. The van der Waals surface area contributed by atoms with Gasteiger partial charge in [0.1, 0.15) is 0 Å². The first-order valence-corrected chi connectivity index (χ1v) is 5.62. The van der Waals surface area contributed by atoms with Crippen LogP contribution in [0.3, 0.4) is 0 Å². The van der Waals surface area contributed by atoms with Gasteiger partial charge in [-0.25, -0.2) is 0 Å². The number of hydrogen-bond acceptors (Lipinski definition) is 1. The van der Waals surface area contributed by atoms with Crippen molar-refractivity contribution in [2.45, 2.75) is 30.5 Å². The van der Waals surface area contributed by atoms with Gasteiger partial charge in [-0.2, -0.15) is 0 Å². The molecule has 1 aliphatic carbocycles. The Morgan fingerprint density at radius 1 is 1.33 bits per heavy atom. The molecule has 0 aromatic carbocycles. The topological polar surface area (TPSA) is 29.1 Å². The number of carbonyl (C=O) groups is 1. The van der Waals surface area contributed by atoms with E-state index in [1.165, 1.54) is 12.8 Å². The number of amides is 1. The summed E-state index contributed by atoms with van der Waals surface area (Å²) in [5.74, 6) is 1.19. The van der Waals surface area contributed by atoms with E-state index in [-0.39, 0.29) is 5.91 Å². The summed E-state index contributed by atoms with van der Waals surface area (Å²) in [5, 5.41) is 2.94. The molecule has 12 heavy (non-hydrogen) atoms. The molecular formula is C9H14BrNO. The maximum absolute atomic E-state index is 11.4. The van der Waals surface area contributed by atoms with Crippen LogP contribution in [0.5, 0.6) is 0 Å². The lowest BCUT2D eigenvalue weighted by atomic mass is 9.75.